The van der Waals surface area contributed by atoms with Gasteiger partial charge < -0.3 is 9.47 Å². The van der Waals surface area contributed by atoms with Gasteiger partial charge in [0.25, 0.3) is 0 Å². The molecule has 0 spiro atoms. The van der Waals surface area contributed by atoms with Gasteiger partial charge in [-0.1, -0.05) is 13.8 Å². The fourth-order valence-electron chi connectivity index (χ4n) is 1.51. The molecule has 0 saturated heterocycles. The van der Waals surface area contributed by atoms with Gasteiger partial charge in [-0.25, -0.2) is 4.98 Å². The van der Waals surface area contributed by atoms with Crippen molar-refractivity contribution in [2.24, 2.45) is 0 Å². The lowest BCUT2D eigenvalue weighted by atomic mass is 10.0. The highest BCUT2D eigenvalue weighted by molar-refractivity contribution is 5.44. The lowest BCUT2D eigenvalue weighted by Gasteiger charge is -2.17. The van der Waals surface area contributed by atoms with Crippen LogP contribution in [0.2, 0.25) is 0 Å². The fraction of sp³-hybridized carbons (Fsp3) is 0.545. The zero-order valence-electron chi connectivity index (χ0n) is 10.1. The summed E-state index contributed by atoms with van der Waals surface area (Å²) in [6, 6.07) is 0.887. The van der Waals surface area contributed by atoms with E-state index in [0.717, 1.165) is 6.07 Å². The van der Waals surface area contributed by atoms with Gasteiger partial charge in [0, 0.05) is 6.07 Å². The quantitative estimate of drug-likeness (QED) is 0.824. The highest BCUT2D eigenvalue weighted by atomic mass is 19.4. The second-order valence-electron chi connectivity index (χ2n) is 3.79. The smallest absolute Gasteiger partial charge is 0.433 e. The van der Waals surface area contributed by atoms with Crippen LogP contribution in [0.5, 0.6) is 11.6 Å². The van der Waals surface area contributed by atoms with Crippen molar-refractivity contribution in [2.45, 2.75) is 25.9 Å². The zero-order chi connectivity index (χ0) is 13.2. The van der Waals surface area contributed by atoms with Crippen molar-refractivity contribution in [2.75, 3.05) is 14.2 Å². The van der Waals surface area contributed by atoms with Gasteiger partial charge in [0.05, 0.1) is 19.8 Å². The number of halogens is 3. The van der Waals surface area contributed by atoms with E-state index in [0.29, 0.717) is 5.56 Å². The summed E-state index contributed by atoms with van der Waals surface area (Å²) in [7, 11) is 2.61. The van der Waals surface area contributed by atoms with Gasteiger partial charge in [0.15, 0.2) is 5.69 Å². The Kier molecular flexibility index (Phi) is 3.85. The molecule has 17 heavy (non-hydrogen) atoms. The number of nitrogens with zero attached hydrogens (tertiary/aromatic N) is 1. The summed E-state index contributed by atoms with van der Waals surface area (Å²) in [5, 5.41) is 0. The van der Waals surface area contributed by atoms with Crippen LogP contribution >= 0.6 is 0 Å². The molecule has 1 rings (SSSR count). The van der Waals surface area contributed by atoms with E-state index in [4.69, 9.17) is 9.47 Å². The lowest BCUT2D eigenvalue weighted by molar-refractivity contribution is -0.141. The van der Waals surface area contributed by atoms with Crippen LogP contribution in [-0.2, 0) is 6.18 Å². The van der Waals surface area contributed by atoms with Crippen LogP contribution in [0.3, 0.4) is 0 Å². The van der Waals surface area contributed by atoms with Crippen LogP contribution in [0.15, 0.2) is 6.07 Å². The number of aromatic nitrogens is 1. The molecular weight excluding hydrogens is 235 g/mol. The molecule has 0 aliphatic carbocycles. The molecule has 0 atom stereocenters. The summed E-state index contributed by atoms with van der Waals surface area (Å²) in [4.78, 5) is 3.47. The first-order valence-electron chi connectivity index (χ1n) is 5.01. The number of alkyl halides is 3. The molecule has 1 aromatic rings. The average Bonchev–Trinajstić information content (AvgIpc) is 2.25. The second-order valence-corrected chi connectivity index (χ2v) is 3.79. The molecule has 6 heteroatoms. The van der Waals surface area contributed by atoms with Crippen molar-refractivity contribution < 1.29 is 22.6 Å². The molecule has 0 aliphatic heterocycles. The summed E-state index contributed by atoms with van der Waals surface area (Å²) in [5.74, 6) is 0.0422. The standard InChI is InChI=1S/C11H14F3NO2/c1-6(2)9-7(16-3)5-8(11(12,13)14)15-10(9)17-4/h5-6H,1-4H3. The summed E-state index contributed by atoms with van der Waals surface area (Å²) in [6.45, 7) is 3.66. The molecule has 0 fully saturated rings. The molecular formula is C11H14F3NO2. The zero-order valence-corrected chi connectivity index (χ0v) is 10.1. The molecule has 3 nitrogen and oxygen atoms in total. The van der Waals surface area contributed by atoms with E-state index in [1.54, 1.807) is 0 Å². The normalized spacial score (nSPS) is 11.8. The van der Waals surface area contributed by atoms with Crippen LogP contribution in [0, 0.1) is 0 Å². The van der Waals surface area contributed by atoms with E-state index in [9.17, 15) is 13.2 Å². The Balaban J connectivity index is 3.45. The maximum Gasteiger partial charge on any atom is 0.433 e. The van der Waals surface area contributed by atoms with Crippen molar-refractivity contribution in [3.8, 4) is 11.6 Å². The molecule has 0 saturated carbocycles. The SMILES string of the molecule is COc1cc(C(F)(F)F)nc(OC)c1C(C)C. The number of hydrogen-bond donors (Lipinski definition) is 0. The number of methoxy groups -OCH3 is 2. The third-order valence-corrected chi connectivity index (χ3v) is 2.27. The fourth-order valence-corrected chi connectivity index (χ4v) is 1.51. The maximum absolute atomic E-state index is 12.6. The van der Waals surface area contributed by atoms with Crippen LogP contribution in [-0.4, -0.2) is 19.2 Å². The number of hydrogen-bond acceptors (Lipinski definition) is 3. The molecule has 1 heterocycles. The predicted octanol–water partition coefficient (Wildman–Crippen LogP) is 3.24. The van der Waals surface area contributed by atoms with Crippen LogP contribution in [0.4, 0.5) is 13.2 Å². The van der Waals surface area contributed by atoms with Crippen LogP contribution in [0.25, 0.3) is 0 Å². The Hall–Kier alpha value is -1.46. The molecule has 0 aromatic carbocycles. The minimum Gasteiger partial charge on any atom is -0.496 e. The summed E-state index contributed by atoms with van der Waals surface area (Å²) >= 11 is 0. The summed E-state index contributed by atoms with van der Waals surface area (Å²) in [5.41, 5.74) is -0.487. The number of ether oxygens (including phenoxy) is 2. The molecule has 0 radical (unpaired) electrons. The molecule has 0 bridgehead atoms. The van der Waals surface area contributed by atoms with Gasteiger partial charge in [-0.3, -0.25) is 0 Å². The van der Waals surface area contributed by atoms with Crippen molar-refractivity contribution in [3.63, 3.8) is 0 Å². The first-order chi connectivity index (χ1) is 7.81. The Labute approximate surface area is 97.6 Å². The van der Waals surface area contributed by atoms with Crippen LogP contribution < -0.4 is 9.47 Å². The third-order valence-electron chi connectivity index (χ3n) is 2.27. The average molecular weight is 249 g/mol. The van der Waals surface area contributed by atoms with Gasteiger partial charge in [-0.2, -0.15) is 13.2 Å². The maximum atomic E-state index is 12.6. The highest BCUT2D eigenvalue weighted by Gasteiger charge is 2.35. The van der Waals surface area contributed by atoms with E-state index >= 15 is 0 Å². The van der Waals surface area contributed by atoms with Gasteiger partial charge in [-0.15, -0.1) is 0 Å². The Morgan fingerprint density at radius 3 is 2.12 bits per heavy atom. The third kappa shape index (κ3) is 2.81. The van der Waals surface area contributed by atoms with Crippen molar-refractivity contribution in [3.05, 3.63) is 17.3 Å². The minimum atomic E-state index is -4.52. The Morgan fingerprint density at radius 2 is 1.76 bits per heavy atom. The Bertz CT molecular complexity index is 377. The summed E-state index contributed by atoms with van der Waals surface area (Å²) < 4.78 is 47.6. The van der Waals surface area contributed by atoms with Crippen molar-refractivity contribution >= 4 is 0 Å². The minimum absolute atomic E-state index is 0.0466. The number of pyridine rings is 1. The molecule has 96 valence electrons. The van der Waals surface area contributed by atoms with Crippen molar-refractivity contribution in [1.29, 1.82) is 0 Å². The van der Waals surface area contributed by atoms with Gasteiger partial charge in [0.1, 0.15) is 5.75 Å². The van der Waals surface area contributed by atoms with E-state index in [2.05, 4.69) is 4.98 Å². The molecule has 0 unspecified atom stereocenters. The molecule has 0 aliphatic rings. The molecule has 0 amide bonds. The highest BCUT2D eigenvalue weighted by Crippen LogP contribution is 2.38. The van der Waals surface area contributed by atoms with E-state index < -0.39 is 11.9 Å². The first-order valence-corrected chi connectivity index (χ1v) is 5.01. The first kappa shape index (κ1) is 13.6. The second kappa shape index (κ2) is 4.81. The summed E-state index contributed by atoms with van der Waals surface area (Å²) in [6.07, 6.45) is -4.52. The predicted molar refractivity (Wildman–Crippen MR) is 56.4 cm³/mol. The van der Waals surface area contributed by atoms with Gasteiger partial charge >= 0.3 is 6.18 Å². The van der Waals surface area contributed by atoms with Gasteiger partial charge in [0.2, 0.25) is 5.88 Å². The monoisotopic (exact) mass is 249 g/mol. The van der Waals surface area contributed by atoms with Crippen molar-refractivity contribution in [1.82, 2.24) is 4.98 Å². The topological polar surface area (TPSA) is 31.4 Å². The molecule has 0 N–H and O–H groups in total. The Morgan fingerprint density at radius 1 is 1.18 bits per heavy atom. The number of rotatable bonds is 3. The largest absolute Gasteiger partial charge is 0.496 e. The van der Waals surface area contributed by atoms with E-state index in [1.807, 2.05) is 13.8 Å². The van der Waals surface area contributed by atoms with Crippen LogP contribution in [0.1, 0.15) is 31.0 Å². The lowest BCUT2D eigenvalue weighted by Crippen LogP contribution is -2.11. The molecule has 1 aromatic heterocycles. The van der Waals surface area contributed by atoms with Gasteiger partial charge in [-0.05, 0) is 5.92 Å². The van der Waals surface area contributed by atoms with E-state index in [1.165, 1.54) is 14.2 Å². The van der Waals surface area contributed by atoms with E-state index in [-0.39, 0.29) is 17.5 Å².